The van der Waals surface area contributed by atoms with E-state index in [0.29, 0.717) is 53.8 Å². The highest BCUT2D eigenvalue weighted by Gasteiger charge is 2.19. The number of nitrogens with zero attached hydrogens (tertiary/aromatic N) is 3. The molecule has 0 aliphatic carbocycles. The molecule has 0 unspecified atom stereocenters. The molecule has 4 aromatic rings. The number of nitriles is 3. The highest BCUT2D eigenvalue weighted by Crippen LogP contribution is 2.42. The number of rotatable bonds is 18. The number of ether oxygens (including phenoxy) is 3. The van der Waals surface area contributed by atoms with Crippen LogP contribution in [-0.2, 0) is 0 Å². The Balaban J connectivity index is 1.91. The number of benzene rings is 4. The van der Waals surface area contributed by atoms with Gasteiger partial charge in [-0.1, -0.05) is 78.6 Å². The van der Waals surface area contributed by atoms with Crippen LogP contribution in [0.3, 0.4) is 0 Å². The van der Waals surface area contributed by atoms with E-state index >= 15 is 0 Å². The van der Waals surface area contributed by atoms with E-state index in [2.05, 4.69) is 39.0 Å². The average molecular weight is 604 g/mol. The number of unbranched alkanes of at least 4 members (excludes halogenated alkanes) is 9. The van der Waals surface area contributed by atoms with Crippen LogP contribution in [0.4, 0.5) is 0 Å². The molecule has 0 amide bonds. The van der Waals surface area contributed by atoms with Crippen molar-refractivity contribution in [1.29, 1.82) is 15.8 Å². The summed E-state index contributed by atoms with van der Waals surface area (Å²) in [5.41, 5.74) is 1.36. The molecule has 4 rings (SSSR count). The topological polar surface area (TPSA) is 99.1 Å². The first-order chi connectivity index (χ1) is 22.1. The van der Waals surface area contributed by atoms with Crippen molar-refractivity contribution in [1.82, 2.24) is 0 Å². The van der Waals surface area contributed by atoms with Crippen LogP contribution in [-0.4, -0.2) is 19.8 Å². The molecular formula is C39H45N3O3. The maximum Gasteiger partial charge on any atom is 0.137 e. The molecule has 0 bridgehead atoms. The van der Waals surface area contributed by atoms with Crippen molar-refractivity contribution in [2.45, 2.75) is 97.8 Å². The summed E-state index contributed by atoms with van der Waals surface area (Å²) < 4.78 is 18.5. The molecule has 0 radical (unpaired) electrons. The van der Waals surface area contributed by atoms with E-state index in [-0.39, 0.29) is 0 Å². The Bertz CT molecular complexity index is 1740. The fraction of sp³-hybridized carbons (Fsp3) is 0.462. The monoisotopic (exact) mass is 603 g/mol. The summed E-state index contributed by atoms with van der Waals surface area (Å²) in [4.78, 5) is 0. The highest BCUT2D eigenvalue weighted by atomic mass is 16.5. The summed E-state index contributed by atoms with van der Waals surface area (Å²) in [6.45, 7) is 8.13. The van der Waals surface area contributed by atoms with Gasteiger partial charge >= 0.3 is 0 Å². The van der Waals surface area contributed by atoms with Gasteiger partial charge in [0.05, 0.1) is 36.5 Å². The van der Waals surface area contributed by atoms with Crippen molar-refractivity contribution in [3.63, 3.8) is 0 Å². The minimum Gasteiger partial charge on any atom is -0.492 e. The molecule has 6 heteroatoms. The van der Waals surface area contributed by atoms with Crippen molar-refractivity contribution in [2.75, 3.05) is 19.8 Å². The summed E-state index contributed by atoms with van der Waals surface area (Å²) in [5, 5.41) is 35.6. The molecule has 6 nitrogen and oxygen atoms in total. The predicted molar refractivity (Wildman–Crippen MR) is 182 cm³/mol. The van der Waals surface area contributed by atoms with Crippen LogP contribution in [0, 0.1) is 34.0 Å². The second kappa shape index (κ2) is 17.1. The Morgan fingerprint density at radius 2 is 0.667 bits per heavy atom. The summed E-state index contributed by atoms with van der Waals surface area (Å²) in [6.07, 6.45) is 12.9. The van der Waals surface area contributed by atoms with Gasteiger partial charge in [-0.2, -0.15) is 15.8 Å². The fourth-order valence-corrected chi connectivity index (χ4v) is 5.83. The van der Waals surface area contributed by atoms with E-state index in [0.717, 1.165) is 109 Å². The minimum absolute atomic E-state index is 0.445. The van der Waals surface area contributed by atoms with Crippen LogP contribution in [0.5, 0.6) is 17.2 Å². The Morgan fingerprint density at radius 3 is 0.911 bits per heavy atom. The third kappa shape index (κ3) is 8.17. The van der Waals surface area contributed by atoms with E-state index in [1.165, 1.54) is 0 Å². The van der Waals surface area contributed by atoms with E-state index in [1.807, 2.05) is 36.4 Å². The molecule has 45 heavy (non-hydrogen) atoms. The van der Waals surface area contributed by atoms with Crippen molar-refractivity contribution in [3.05, 3.63) is 53.1 Å². The third-order valence-corrected chi connectivity index (χ3v) is 8.36. The maximum absolute atomic E-state index is 10.1. The Hall–Kier alpha value is -4.47. The number of fused-ring (bicyclic) bond motifs is 6. The molecule has 0 atom stereocenters. The van der Waals surface area contributed by atoms with Gasteiger partial charge < -0.3 is 14.2 Å². The fourth-order valence-electron chi connectivity index (χ4n) is 5.83. The highest BCUT2D eigenvalue weighted by molar-refractivity contribution is 6.26. The van der Waals surface area contributed by atoms with Gasteiger partial charge in [0.25, 0.3) is 0 Å². The van der Waals surface area contributed by atoms with Crippen LogP contribution in [0.1, 0.15) is 115 Å². The molecular weight excluding hydrogens is 558 g/mol. The predicted octanol–water partition coefficient (Wildman–Crippen LogP) is 10.6. The summed E-state index contributed by atoms with van der Waals surface area (Å²) in [6, 6.07) is 18.4. The molecule has 0 saturated carbocycles. The number of hydrogen-bond donors (Lipinski definition) is 0. The largest absolute Gasteiger partial charge is 0.492 e. The first-order valence-electron chi connectivity index (χ1n) is 16.7. The second-order valence-electron chi connectivity index (χ2n) is 11.7. The third-order valence-electron chi connectivity index (χ3n) is 8.36. The molecule has 0 aliphatic rings. The van der Waals surface area contributed by atoms with Gasteiger partial charge in [-0.15, -0.1) is 0 Å². The molecule has 0 spiro atoms. The SMILES string of the molecule is CCCCCCOc1cc2c(cc1C#N)c1cc(C#N)c(OCCCCCC)cc1c1cc(OCCCCCC)c(C#N)cc21. The zero-order valence-corrected chi connectivity index (χ0v) is 27.1. The first-order valence-corrected chi connectivity index (χ1v) is 16.7. The lowest BCUT2D eigenvalue weighted by atomic mass is 9.90. The quantitative estimate of drug-likeness (QED) is 0.0828. The van der Waals surface area contributed by atoms with Gasteiger partial charge in [0.15, 0.2) is 0 Å². The maximum atomic E-state index is 10.1. The minimum atomic E-state index is 0.445. The van der Waals surface area contributed by atoms with Gasteiger partial charge in [-0.3, -0.25) is 0 Å². The second-order valence-corrected chi connectivity index (χ2v) is 11.7. The van der Waals surface area contributed by atoms with Crippen LogP contribution in [0.15, 0.2) is 36.4 Å². The lowest BCUT2D eigenvalue weighted by Crippen LogP contribution is -2.02. The van der Waals surface area contributed by atoms with Crippen molar-refractivity contribution in [2.24, 2.45) is 0 Å². The zero-order valence-electron chi connectivity index (χ0n) is 27.1. The van der Waals surface area contributed by atoms with Gasteiger partial charge in [0.2, 0.25) is 0 Å². The smallest absolute Gasteiger partial charge is 0.137 e. The Kier molecular flexibility index (Phi) is 12.7. The van der Waals surface area contributed by atoms with Gasteiger partial charge in [-0.05, 0) is 88.0 Å². The lowest BCUT2D eigenvalue weighted by molar-refractivity contribution is 0.304. The number of hydrogen-bond acceptors (Lipinski definition) is 6. The van der Waals surface area contributed by atoms with Crippen molar-refractivity contribution < 1.29 is 14.2 Å². The Morgan fingerprint density at radius 1 is 0.400 bits per heavy atom. The molecule has 4 aromatic carbocycles. The van der Waals surface area contributed by atoms with Crippen LogP contribution in [0.25, 0.3) is 32.3 Å². The molecule has 0 fully saturated rings. The zero-order chi connectivity index (χ0) is 32.0. The van der Waals surface area contributed by atoms with Crippen LogP contribution in [0.2, 0.25) is 0 Å². The Labute approximate surface area is 268 Å². The lowest BCUT2D eigenvalue weighted by Gasteiger charge is -2.17. The summed E-state index contributed by atoms with van der Waals surface area (Å²) in [5.74, 6) is 1.63. The molecule has 234 valence electrons. The summed E-state index contributed by atoms with van der Waals surface area (Å²) >= 11 is 0. The van der Waals surface area contributed by atoms with Crippen LogP contribution < -0.4 is 14.2 Å². The first kappa shape index (κ1) is 33.4. The van der Waals surface area contributed by atoms with Crippen molar-refractivity contribution in [3.8, 4) is 35.5 Å². The van der Waals surface area contributed by atoms with Gasteiger partial charge in [0, 0.05) is 0 Å². The average Bonchev–Trinajstić information content (AvgIpc) is 3.07. The van der Waals surface area contributed by atoms with E-state index in [9.17, 15) is 15.8 Å². The molecule has 0 aromatic heterocycles. The molecule has 0 saturated heterocycles. The van der Waals surface area contributed by atoms with E-state index in [4.69, 9.17) is 14.2 Å². The van der Waals surface area contributed by atoms with Gasteiger partial charge in [0.1, 0.15) is 35.5 Å². The normalized spacial score (nSPS) is 10.9. The van der Waals surface area contributed by atoms with Crippen LogP contribution >= 0.6 is 0 Å². The standard InChI is InChI=1S/C39H45N3O3/c1-4-7-10-13-16-43-37-22-34-31(19-28(37)25-40)32-20-29(26-41)38(44-17-14-11-8-5-2)23-35(32)36-24-39(30(27-42)21-33(34)36)45-18-15-12-9-6-3/h19-24H,4-18H2,1-3H3. The van der Waals surface area contributed by atoms with E-state index < -0.39 is 0 Å². The summed E-state index contributed by atoms with van der Waals surface area (Å²) in [7, 11) is 0. The van der Waals surface area contributed by atoms with Gasteiger partial charge in [-0.25, -0.2) is 0 Å². The molecule has 0 aliphatic heterocycles. The van der Waals surface area contributed by atoms with Crippen molar-refractivity contribution >= 4 is 32.3 Å². The molecule has 0 N–H and O–H groups in total. The van der Waals surface area contributed by atoms with E-state index in [1.54, 1.807) is 0 Å². The molecule has 0 heterocycles.